The quantitative estimate of drug-likeness (QED) is 0.672. The molecule has 6 nitrogen and oxygen atoms in total. The van der Waals surface area contributed by atoms with Gasteiger partial charge in [0, 0.05) is 36.4 Å². The van der Waals surface area contributed by atoms with Crippen molar-refractivity contribution in [3.63, 3.8) is 0 Å². The third-order valence-corrected chi connectivity index (χ3v) is 4.46. The van der Waals surface area contributed by atoms with Crippen LogP contribution in [-0.4, -0.2) is 27.4 Å². The normalized spacial score (nSPS) is 10.6. The van der Waals surface area contributed by atoms with Gasteiger partial charge in [0.1, 0.15) is 5.82 Å². The third-order valence-electron chi connectivity index (χ3n) is 2.67. The lowest BCUT2D eigenvalue weighted by atomic mass is 10.4. The molecule has 1 amide bonds. The molecule has 2 aromatic rings. The molecule has 2 N–H and O–H groups in total. The molecule has 0 fully saturated rings. The maximum atomic E-state index is 11.5. The highest BCUT2D eigenvalue weighted by Crippen LogP contribution is 2.25. The molecule has 0 bridgehead atoms. The lowest BCUT2D eigenvalue weighted by molar-refractivity contribution is -0.116. The number of rotatable bonds is 5. The average Bonchev–Trinajstić information content (AvgIpc) is 2.84. The van der Waals surface area contributed by atoms with E-state index in [0.717, 1.165) is 16.5 Å². The van der Waals surface area contributed by atoms with E-state index in [1.54, 1.807) is 17.9 Å². The number of nitrogen functional groups attached to an aromatic ring is 1. The van der Waals surface area contributed by atoms with Crippen LogP contribution < -0.4 is 10.6 Å². The highest BCUT2D eigenvalue weighted by molar-refractivity contribution is 7.98. The minimum Gasteiger partial charge on any atom is -0.384 e. The lowest BCUT2D eigenvalue weighted by Gasteiger charge is -2.14. The number of carbonyl (C=O) groups excluding carboxylic acids is 1. The first kappa shape index (κ1) is 15.7. The zero-order valence-corrected chi connectivity index (χ0v) is 13.8. The van der Waals surface area contributed by atoms with Gasteiger partial charge >= 0.3 is 0 Å². The van der Waals surface area contributed by atoms with E-state index in [0.29, 0.717) is 23.3 Å². The predicted molar refractivity (Wildman–Crippen MR) is 86.6 cm³/mol. The molecule has 8 heteroatoms. The fourth-order valence-electron chi connectivity index (χ4n) is 1.75. The van der Waals surface area contributed by atoms with Crippen LogP contribution in [0.25, 0.3) is 0 Å². The minimum absolute atomic E-state index is 0.000782. The first-order valence-corrected chi connectivity index (χ1v) is 8.32. The first-order valence-electron chi connectivity index (χ1n) is 6.46. The average molecular weight is 323 g/mol. The summed E-state index contributed by atoms with van der Waals surface area (Å²) in [5, 5.41) is 3.32. The van der Waals surface area contributed by atoms with E-state index in [2.05, 4.69) is 15.0 Å². The predicted octanol–water partition coefficient (Wildman–Crippen LogP) is 2.49. The molecule has 0 aliphatic carbocycles. The summed E-state index contributed by atoms with van der Waals surface area (Å²) < 4.78 is 0. The Hall–Kier alpha value is -1.67. The molecule has 2 heterocycles. The van der Waals surface area contributed by atoms with E-state index in [9.17, 15) is 4.79 Å². The van der Waals surface area contributed by atoms with E-state index in [1.165, 1.54) is 23.1 Å². The zero-order chi connectivity index (χ0) is 15.4. The van der Waals surface area contributed by atoms with Crippen molar-refractivity contribution in [3.05, 3.63) is 22.8 Å². The van der Waals surface area contributed by atoms with Crippen molar-refractivity contribution in [2.24, 2.45) is 0 Å². The van der Waals surface area contributed by atoms with Gasteiger partial charge in [0.15, 0.2) is 10.3 Å². The van der Waals surface area contributed by atoms with Crippen molar-refractivity contribution in [2.45, 2.75) is 31.7 Å². The van der Waals surface area contributed by atoms with Gasteiger partial charge in [-0.25, -0.2) is 15.0 Å². The van der Waals surface area contributed by atoms with Gasteiger partial charge in [0.25, 0.3) is 0 Å². The molecule has 2 rings (SSSR count). The van der Waals surface area contributed by atoms with Crippen LogP contribution in [0.1, 0.15) is 25.2 Å². The molecule has 0 aliphatic rings. The number of anilines is 2. The number of aryl methyl sites for hydroxylation is 1. The molecule has 0 aliphatic heterocycles. The Bertz CT molecular complexity index is 623. The Kier molecular flexibility index (Phi) is 5.13. The van der Waals surface area contributed by atoms with Crippen molar-refractivity contribution in [1.82, 2.24) is 15.0 Å². The van der Waals surface area contributed by atoms with Gasteiger partial charge in [0.2, 0.25) is 5.91 Å². The summed E-state index contributed by atoms with van der Waals surface area (Å²) in [5.41, 5.74) is 7.45. The Morgan fingerprint density at radius 2 is 2.19 bits per heavy atom. The van der Waals surface area contributed by atoms with Crippen LogP contribution in [-0.2, 0) is 10.5 Å². The summed E-state index contributed by atoms with van der Waals surface area (Å²) in [6.45, 7) is 5.98. The molecule has 112 valence electrons. The second-order valence-corrected chi connectivity index (χ2v) is 6.17. The number of carbonyl (C=O) groups is 1. The zero-order valence-electron chi connectivity index (χ0n) is 12.2. The van der Waals surface area contributed by atoms with Crippen LogP contribution in [0.4, 0.5) is 10.9 Å². The molecule has 0 saturated heterocycles. The Morgan fingerprint density at radius 1 is 1.43 bits per heavy atom. The monoisotopic (exact) mass is 323 g/mol. The minimum atomic E-state index is 0.000782. The van der Waals surface area contributed by atoms with Crippen molar-refractivity contribution in [3.8, 4) is 0 Å². The molecule has 0 aromatic carbocycles. The smallest absolute Gasteiger partial charge is 0.225 e. The number of aromatic nitrogens is 3. The number of nitrogens with zero attached hydrogens (tertiary/aromatic N) is 4. The van der Waals surface area contributed by atoms with Gasteiger partial charge in [-0.15, -0.1) is 11.3 Å². The largest absolute Gasteiger partial charge is 0.384 e. The number of thioether (sulfide) groups is 1. The van der Waals surface area contributed by atoms with Crippen molar-refractivity contribution in [2.75, 3.05) is 17.2 Å². The summed E-state index contributed by atoms with van der Waals surface area (Å²) >= 11 is 2.95. The fourth-order valence-corrected chi connectivity index (χ4v) is 3.59. The van der Waals surface area contributed by atoms with Crippen molar-refractivity contribution >= 4 is 40.0 Å². The number of hydrogen-bond donors (Lipinski definition) is 1. The van der Waals surface area contributed by atoms with E-state index in [1.807, 2.05) is 19.2 Å². The molecule has 0 atom stereocenters. The highest BCUT2D eigenvalue weighted by atomic mass is 32.2. The summed E-state index contributed by atoms with van der Waals surface area (Å²) in [4.78, 5) is 26.1. The van der Waals surface area contributed by atoms with Gasteiger partial charge in [-0.05, 0) is 13.8 Å². The fraction of sp³-hybridized carbons (Fsp3) is 0.385. The van der Waals surface area contributed by atoms with Gasteiger partial charge in [-0.1, -0.05) is 11.8 Å². The van der Waals surface area contributed by atoms with Crippen LogP contribution in [0.2, 0.25) is 0 Å². The summed E-state index contributed by atoms with van der Waals surface area (Å²) in [5.74, 6) is 1.12. The van der Waals surface area contributed by atoms with Crippen LogP contribution >= 0.6 is 23.1 Å². The summed E-state index contributed by atoms with van der Waals surface area (Å²) in [6, 6.07) is 1.73. The molecule has 0 saturated carbocycles. The maximum Gasteiger partial charge on any atom is 0.225 e. The van der Waals surface area contributed by atoms with Gasteiger partial charge < -0.3 is 5.73 Å². The van der Waals surface area contributed by atoms with Crippen LogP contribution in [0, 0.1) is 6.92 Å². The molecule has 0 radical (unpaired) electrons. The molecule has 0 spiro atoms. The SMILES string of the molecule is CCN(C(C)=O)c1nc(CSc2nc(C)cc(N)n2)cs1. The van der Waals surface area contributed by atoms with Gasteiger partial charge in [0.05, 0.1) is 5.69 Å². The summed E-state index contributed by atoms with van der Waals surface area (Å²) in [7, 11) is 0. The first-order chi connectivity index (χ1) is 9.99. The molecular formula is C13H17N5OS2. The van der Waals surface area contributed by atoms with Crippen LogP contribution in [0.15, 0.2) is 16.6 Å². The van der Waals surface area contributed by atoms with Crippen LogP contribution in [0.3, 0.4) is 0 Å². The number of thiazole rings is 1. The standard InChI is InChI=1S/C13H17N5OS2/c1-4-18(9(3)19)13-16-10(7-21-13)6-20-12-15-8(2)5-11(14)17-12/h5,7H,4,6H2,1-3H3,(H2,14,15,17). The Labute approximate surface area is 131 Å². The van der Waals surface area contributed by atoms with E-state index in [-0.39, 0.29) is 5.91 Å². The highest BCUT2D eigenvalue weighted by Gasteiger charge is 2.13. The van der Waals surface area contributed by atoms with Crippen LogP contribution in [0.5, 0.6) is 0 Å². The lowest BCUT2D eigenvalue weighted by Crippen LogP contribution is -2.27. The van der Waals surface area contributed by atoms with E-state index < -0.39 is 0 Å². The van der Waals surface area contributed by atoms with Crippen molar-refractivity contribution < 1.29 is 4.79 Å². The number of amides is 1. The summed E-state index contributed by atoms with van der Waals surface area (Å²) in [6.07, 6.45) is 0. The molecule has 2 aromatic heterocycles. The number of hydrogen-bond acceptors (Lipinski definition) is 7. The van der Waals surface area contributed by atoms with Gasteiger partial charge in [-0.3, -0.25) is 9.69 Å². The van der Waals surface area contributed by atoms with E-state index >= 15 is 0 Å². The third kappa shape index (κ3) is 4.15. The maximum absolute atomic E-state index is 11.5. The second-order valence-electron chi connectivity index (χ2n) is 4.39. The molecular weight excluding hydrogens is 306 g/mol. The second kappa shape index (κ2) is 6.86. The Balaban J connectivity index is 2.04. The Morgan fingerprint density at radius 3 is 2.81 bits per heavy atom. The van der Waals surface area contributed by atoms with E-state index in [4.69, 9.17) is 5.73 Å². The molecule has 0 unspecified atom stereocenters. The van der Waals surface area contributed by atoms with Gasteiger partial charge in [-0.2, -0.15) is 0 Å². The molecule has 21 heavy (non-hydrogen) atoms. The topological polar surface area (TPSA) is 85.0 Å². The van der Waals surface area contributed by atoms with Crippen molar-refractivity contribution in [1.29, 1.82) is 0 Å². The number of nitrogens with two attached hydrogens (primary N) is 1.